The summed E-state index contributed by atoms with van der Waals surface area (Å²) in [5, 5.41) is 13.5. The molecule has 0 spiro atoms. The molecule has 4 N–H and O–H groups in total. The molecule has 0 bridgehead atoms. The summed E-state index contributed by atoms with van der Waals surface area (Å²) in [4.78, 5) is 8.62. The fourth-order valence-electron chi connectivity index (χ4n) is 2.75. The van der Waals surface area contributed by atoms with Crippen LogP contribution < -0.4 is 11.1 Å². The smallest absolute Gasteiger partial charge is 0.166 e. The Kier molecular flexibility index (Phi) is 3.97. The number of nitrogens with zero attached hydrogens (tertiary/aromatic N) is 2. The topological polar surface area (TPSA) is 84.1 Å². The lowest BCUT2D eigenvalue weighted by Crippen LogP contribution is -2.10. The van der Waals surface area contributed by atoms with Gasteiger partial charge < -0.3 is 16.2 Å². The molecule has 0 amide bonds. The molecular formula is C18H19FN4O. The van der Waals surface area contributed by atoms with Crippen molar-refractivity contribution in [3.63, 3.8) is 0 Å². The first-order chi connectivity index (χ1) is 11.3. The molecule has 24 heavy (non-hydrogen) atoms. The second kappa shape index (κ2) is 5.96. The zero-order valence-electron chi connectivity index (χ0n) is 13.8. The molecule has 0 aliphatic rings. The van der Waals surface area contributed by atoms with E-state index in [0.29, 0.717) is 28.2 Å². The van der Waals surface area contributed by atoms with E-state index in [1.165, 1.54) is 12.1 Å². The number of phenolic OH excluding ortho intramolecular Hbond substituents is 1. The van der Waals surface area contributed by atoms with Gasteiger partial charge in [-0.3, -0.25) is 0 Å². The third kappa shape index (κ3) is 3.08. The minimum absolute atomic E-state index is 0.0723. The molecule has 0 fully saturated rings. The SMILES string of the molecule is Cc1cc(N)cc([C@@H](C)Nc2nc(C)nc3cc(F)c(O)cc23)c1. The number of nitrogens with one attached hydrogen (secondary N) is 1. The van der Waals surface area contributed by atoms with Crippen molar-refractivity contribution < 1.29 is 9.50 Å². The van der Waals surface area contributed by atoms with E-state index in [4.69, 9.17) is 5.73 Å². The van der Waals surface area contributed by atoms with Crippen molar-refractivity contribution >= 4 is 22.4 Å². The Morgan fingerprint density at radius 2 is 1.88 bits per heavy atom. The number of rotatable bonds is 3. The minimum atomic E-state index is -0.703. The predicted molar refractivity (Wildman–Crippen MR) is 93.5 cm³/mol. The summed E-state index contributed by atoms with van der Waals surface area (Å²) < 4.78 is 13.6. The lowest BCUT2D eigenvalue weighted by Gasteiger charge is -2.18. The molecule has 3 aromatic rings. The van der Waals surface area contributed by atoms with Crippen LogP contribution in [0.5, 0.6) is 5.75 Å². The number of hydrogen-bond acceptors (Lipinski definition) is 5. The molecule has 0 unspecified atom stereocenters. The monoisotopic (exact) mass is 326 g/mol. The highest BCUT2D eigenvalue weighted by molar-refractivity contribution is 5.90. The van der Waals surface area contributed by atoms with Crippen LogP contribution in [0.3, 0.4) is 0 Å². The number of phenols is 1. The molecule has 5 nitrogen and oxygen atoms in total. The summed E-state index contributed by atoms with van der Waals surface area (Å²) >= 11 is 0. The van der Waals surface area contributed by atoms with E-state index >= 15 is 0 Å². The summed E-state index contributed by atoms with van der Waals surface area (Å²) in [6, 6.07) is 8.32. The van der Waals surface area contributed by atoms with E-state index in [1.807, 2.05) is 32.0 Å². The Hall–Kier alpha value is -2.89. The molecule has 0 aliphatic carbocycles. The van der Waals surface area contributed by atoms with Crippen LogP contribution in [0.15, 0.2) is 30.3 Å². The van der Waals surface area contributed by atoms with Crippen LogP contribution in [0.4, 0.5) is 15.9 Å². The number of aromatic nitrogens is 2. The van der Waals surface area contributed by atoms with Crippen LogP contribution in [0.2, 0.25) is 0 Å². The van der Waals surface area contributed by atoms with Crippen LogP contribution in [-0.2, 0) is 0 Å². The highest BCUT2D eigenvalue weighted by atomic mass is 19.1. The summed E-state index contributed by atoms with van der Waals surface area (Å²) in [7, 11) is 0. The number of anilines is 2. The quantitative estimate of drug-likeness (QED) is 0.637. The van der Waals surface area contributed by atoms with Gasteiger partial charge in [0.05, 0.1) is 11.6 Å². The predicted octanol–water partition coefficient (Wildman–Crippen LogP) is 3.85. The van der Waals surface area contributed by atoms with Crippen LogP contribution in [-0.4, -0.2) is 15.1 Å². The first kappa shape index (κ1) is 16.0. The van der Waals surface area contributed by atoms with Gasteiger partial charge >= 0.3 is 0 Å². The van der Waals surface area contributed by atoms with E-state index < -0.39 is 11.6 Å². The number of benzene rings is 2. The lowest BCUT2D eigenvalue weighted by molar-refractivity contribution is 0.433. The minimum Gasteiger partial charge on any atom is -0.505 e. The Labute approximate surface area is 139 Å². The molecule has 6 heteroatoms. The van der Waals surface area contributed by atoms with Gasteiger partial charge in [0.1, 0.15) is 11.6 Å². The normalized spacial score (nSPS) is 12.3. The van der Waals surface area contributed by atoms with E-state index in [9.17, 15) is 9.50 Å². The first-order valence-corrected chi connectivity index (χ1v) is 7.64. The molecule has 2 aromatic carbocycles. The van der Waals surface area contributed by atoms with Gasteiger partial charge in [0.15, 0.2) is 11.6 Å². The number of halogens is 1. The maximum atomic E-state index is 13.6. The van der Waals surface area contributed by atoms with Crippen molar-refractivity contribution in [3.05, 3.63) is 53.1 Å². The van der Waals surface area contributed by atoms with Gasteiger partial charge in [-0.05, 0) is 50.1 Å². The molecule has 0 saturated carbocycles. The third-order valence-electron chi connectivity index (χ3n) is 3.85. The Morgan fingerprint density at radius 1 is 1.12 bits per heavy atom. The third-order valence-corrected chi connectivity index (χ3v) is 3.85. The molecule has 1 aromatic heterocycles. The van der Waals surface area contributed by atoms with Gasteiger partial charge in [-0.1, -0.05) is 6.07 Å². The van der Waals surface area contributed by atoms with Crippen molar-refractivity contribution in [1.29, 1.82) is 0 Å². The fraction of sp³-hybridized carbons (Fsp3) is 0.222. The highest BCUT2D eigenvalue weighted by Gasteiger charge is 2.14. The largest absolute Gasteiger partial charge is 0.505 e. The van der Waals surface area contributed by atoms with Crippen LogP contribution in [0.1, 0.15) is 29.9 Å². The summed E-state index contributed by atoms with van der Waals surface area (Å²) in [6.45, 7) is 5.71. The van der Waals surface area contributed by atoms with Gasteiger partial charge in [0, 0.05) is 17.1 Å². The summed E-state index contributed by atoms with van der Waals surface area (Å²) in [5.74, 6) is -0.0667. The van der Waals surface area contributed by atoms with Crippen molar-refractivity contribution in [2.75, 3.05) is 11.1 Å². The van der Waals surface area contributed by atoms with Gasteiger partial charge in [-0.2, -0.15) is 0 Å². The summed E-state index contributed by atoms with van der Waals surface area (Å²) in [6.07, 6.45) is 0. The summed E-state index contributed by atoms with van der Waals surface area (Å²) in [5.41, 5.74) is 9.14. The molecule has 1 heterocycles. The number of fused-ring (bicyclic) bond motifs is 1. The van der Waals surface area contributed by atoms with E-state index in [0.717, 1.165) is 11.1 Å². The Bertz CT molecular complexity index is 906. The molecule has 1 atom stereocenters. The zero-order valence-corrected chi connectivity index (χ0v) is 13.8. The van der Waals surface area contributed by atoms with Crippen molar-refractivity contribution in [3.8, 4) is 5.75 Å². The Morgan fingerprint density at radius 3 is 2.58 bits per heavy atom. The van der Waals surface area contributed by atoms with Crippen LogP contribution >= 0.6 is 0 Å². The number of aryl methyl sites for hydroxylation is 2. The standard InChI is InChI=1S/C18H19FN4O/c1-9-4-12(6-13(20)5-9)10(2)21-18-14-7-17(24)15(19)8-16(14)22-11(3)23-18/h4-8,10,24H,20H2,1-3H3,(H,21,22,23)/t10-/m1/s1. The lowest BCUT2D eigenvalue weighted by atomic mass is 10.0. The van der Waals surface area contributed by atoms with E-state index in [2.05, 4.69) is 15.3 Å². The van der Waals surface area contributed by atoms with E-state index in [1.54, 1.807) is 6.92 Å². The number of hydrogen-bond donors (Lipinski definition) is 3. The maximum absolute atomic E-state index is 13.6. The first-order valence-electron chi connectivity index (χ1n) is 7.64. The van der Waals surface area contributed by atoms with Crippen molar-refractivity contribution in [2.24, 2.45) is 0 Å². The van der Waals surface area contributed by atoms with Gasteiger partial charge in [-0.25, -0.2) is 14.4 Å². The van der Waals surface area contributed by atoms with Crippen LogP contribution in [0.25, 0.3) is 10.9 Å². The highest BCUT2D eigenvalue weighted by Crippen LogP contribution is 2.30. The second-order valence-electron chi connectivity index (χ2n) is 5.98. The van der Waals surface area contributed by atoms with Crippen molar-refractivity contribution in [2.45, 2.75) is 26.8 Å². The number of nitrogen functional groups attached to an aromatic ring is 1. The van der Waals surface area contributed by atoms with Gasteiger partial charge in [0.2, 0.25) is 0 Å². The molecule has 0 aliphatic heterocycles. The fourth-order valence-corrected chi connectivity index (χ4v) is 2.75. The van der Waals surface area contributed by atoms with Crippen molar-refractivity contribution in [1.82, 2.24) is 9.97 Å². The molecule has 0 saturated heterocycles. The number of nitrogens with two attached hydrogens (primary N) is 1. The molecule has 3 rings (SSSR count). The zero-order chi connectivity index (χ0) is 17.4. The second-order valence-corrected chi connectivity index (χ2v) is 5.98. The van der Waals surface area contributed by atoms with E-state index in [-0.39, 0.29) is 6.04 Å². The average molecular weight is 326 g/mol. The molecular weight excluding hydrogens is 307 g/mol. The molecule has 0 radical (unpaired) electrons. The maximum Gasteiger partial charge on any atom is 0.166 e. The Balaban J connectivity index is 2.04. The average Bonchev–Trinajstić information content (AvgIpc) is 2.48. The molecule has 124 valence electrons. The van der Waals surface area contributed by atoms with Crippen LogP contribution in [0, 0.1) is 19.7 Å². The van der Waals surface area contributed by atoms with Gasteiger partial charge in [0.25, 0.3) is 0 Å². The number of aromatic hydroxyl groups is 1. The van der Waals surface area contributed by atoms with Gasteiger partial charge in [-0.15, -0.1) is 0 Å².